The first-order valence-electron chi connectivity index (χ1n) is 5.45. The fraction of sp³-hybridized carbons (Fsp3) is 0.0769. The number of nitrogens with one attached hydrogen (secondary N) is 1. The van der Waals surface area contributed by atoms with E-state index in [0.29, 0.717) is 4.34 Å². The lowest BCUT2D eigenvalue weighted by Gasteiger charge is -1.99. The molecule has 0 saturated carbocycles. The standard InChI is InChI=1S/C13H10ClFN2OS/c14-12-6-5-11(19-12)8-16-17-13(18)7-9-1-3-10(15)4-2-9/h1-6,8H,7H2,(H,17,18)/b16-8+. The maximum absolute atomic E-state index is 12.7. The molecule has 1 amide bonds. The second-order valence-electron chi connectivity index (χ2n) is 3.74. The predicted octanol–water partition coefficient (Wildman–Crippen LogP) is 3.23. The van der Waals surface area contributed by atoms with Gasteiger partial charge in [-0.15, -0.1) is 11.3 Å². The third-order valence-electron chi connectivity index (χ3n) is 2.25. The Morgan fingerprint density at radius 2 is 2.05 bits per heavy atom. The number of halogens is 2. The molecule has 0 atom stereocenters. The molecule has 0 unspecified atom stereocenters. The highest BCUT2D eigenvalue weighted by Crippen LogP contribution is 2.19. The Bertz CT molecular complexity index is 595. The van der Waals surface area contributed by atoms with Crippen LogP contribution in [0.4, 0.5) is 4.39 Å². The Morgan fingerprint density at radius 3 is 2.68 bits per heavy atom. The van der Waals surface area contributed by atoms with E-state index in [4.69, 9.17) is 11.6 Å². The van der Waals surface area contributed by atoms with E-state index in [0.717, 1.165) is 10.4 Å². The highest BCUT2D eigenvalue weighted by molar-refractivity contribution is 7.17. The average Bonchev–Trinajstić information content (AvgIpc) is 2.78. The van der Waals surface area contributed by atoms with Gasteiger partial charge in [-0.05, 0) is 29.8 Å². The summed E-state index contributed by atoms with van der Waals surface area (Å²) in [4.78, 5) is 12.4. The van der Waals surface area contributed by atoms with E-state index in [1.54, 1.807) is 18.2 Å². The van der Waals surface area contributed by atoms with Gasteiger partial charge in [0.1, 0.15) is 5.82 Å². The van der Waals surface area contributed by atoms with E-state index < -0.39 is 0 Å². The zero-order valence-corrected chi connectivity index (χ0v) is 11.3. The van der Waals surface area contributed by atoms with Gasteiger partial charge < -0.3 is 0 Å². The van der Waals surface area contributed by atoms with Gasteiger partial charge >= 0.3 is 0 Å². The predicted molar refractivity (Wildman–Crippen MR) is 75.2 cm³/mol. The lowest BCUT2D eigenvalue weighted by atomic mass is 10.1. The number of hydrazone groups is 1. The summed E-state index contributed by atoms with van der Waals surface area (Å²) in [5.74, 6) is -0.581. The molecular formula is C13H10ClFN2OS. The van der Waals surface area contributed by atoms with E-state index in [9.17, 15) is 9.18 Å². The summed E-state index contributed by atoms with van der Waals surface area (Å²) < 4.78 is 13.3. The number of amides is 1. The number of rotatable bonds is 4. The van der Waals surface area contributed by atoms with Crippen LogP contribution >= 0.6 is 22.9 Å². The molecule has 19 heavy (non-hydrogen) atoms. The Morgan fingerprint density at radius 1 is 1.32 bits per heavy atom. The number of carbonyl (C=O) groups excluding carboxylic acids is 1. The van der Waals surface area contributed by atoms with Crippen LogP contribution in [-0.4, -0.2) is 12.1 Å². The number of nitrogens with zero attached hydrogens (tertiary/aromatic N) is 1. The van der Waals surface area contributed by atoms with Crippen molar-refractivity contribution in [1.82, 2.24) is 5.43 Å². The van der Waals surface area contributed by atoms with Crippen molar-refractivity contribution in [2.24, 2.45) is 5.10 Å². The molecule has 0 aliphatic rings. The van der Waals surface area contributed by atoms with Gasteiger partial charge in [0.05, 0.1) is 17.0 Å². The molecule has 1 aromatic carbocycles. The van der Waals surface area contributed by atoms with Crippen LogP contribution in [0, 0.1) is 5.82 Å². The minimum absolute atomic E-state index is 0.156. The molecule has 0 radical (unpaired) electrons. The number of hydrogen-bond donors (Lipinski definition) is 1. The first-order valence-corrected chi connectivity index (χ1v) is 6.64. The normalized spacial score (nSPS) is 10.8. The van der Waals surface area contributed by atoms with Crippen LogP contribution in [0.1, 0.15) is 10.4 Å². The van der Waals surface area contributed by atoms with Gasteiger partial charge in [-0.25, -0.2) is 9.82 Å². The van der Waals surface area contributed by atoms with Gasteiger partial charge in [-0.2, -0.15) is 5.10 Å². The Balaban J connectivity index is 1.84. The molecule has 0 aliphatic heterocycles. The summed E-state index contributed by atoms with van der Waals surface area (Å²) in [5, 5.41) is 3.82. The van der Waals surface area contributed by atoms with Gasteiger partial charge in [-0.3, -0.25) is 4.79 Å². The molecule has 0 fully saturated rings. The second-order valence-corrected chi connectivity index (χ2v) is 5.48. The van der Waals surface area contributed by atoms with Crippen molar-refractivity contribution >= 4 is 35.1 Å². The van der Waals surface area contributed by atoms with Gasteiger partial charge in [0.25, 0.3) is 0 Å². The van der Waals surface area contributed by atoms with Gasteiger partial charge in [-0.1, -0.05) is 23.7 Å². The van der Waals surface area contributed by atoms with Crippen LogP contribution in [0.5, 0.6) is 0 Å². The molecule has 0 bridgehead atoms. The van der Waals surface area contributed by atoms with E-state index >= 15 is 0 Å². The van der Waals surface area contributed by atoms with Crippen molar-refractivity contribution in [1.29, 1.82) is 0 Å². The van der Waals surface area contributed by atoms with Crippen LogP contribution in [0.3, 0.4) is 0 Å². The fourth-order valence-electron chi connectivity index (χ4n) is 1.39. The molecule has 0 saturated heterocycles. The largest absolute Gasteiger partial charge is 0.273 e. The van der Waals surface area contributed by atoms with E-state index in [2.05, 4.69) is 10.5 Å². The molecule has 1 heterocycles. The monoisotopic (exact) mass is 296 g/mol. The SMILES string of the molecule is O=C(Cc1ccc(F)cc1)N/N=C/c1ccc(Cl)s1. The lowest BCUT2D eigenvalue weighted by molar-refractivity contribution is -0.120. The fourth-order valence-corrected chi connectivity index (χ4v) is 2.33. The van der Waals surface area contributed by atoms with Crippen LogP contribution in [0.15, 0.2) is 41.5 Å². The highest BCUT2D eigenvalue weighted by atomic mass is 35.5. The zero-order valence-electron chi connectivity index (χ0n) is 9.77. The van der Waals surface area contributed by atoms with Crippen LogP contribution in [0.25, 0.3) is 0 Å². The van der Waals surface area contributed by atoms with E-state index in [-0.39, 0.29) is 18.1 Å². The van der Waals surface area contributed by atoms with Crippen molar-refractivity contribution in [2.45, 2.75) is 6.42 Å². The molecule has 1 aromatic heterocycles. The molecule has 0 spiro atoms. The zero-order chi connectivity index (χ0) is 13.7. The first-order chi connectivity index (χ1) is 9.13. The number of benzene rings is 1. The molecule has 1 N–H and O–H groups in total. The van der Waals surface area contributed by atoms with Crippen LogP contribution < -0.4 is 5.43 Å². The third-order valence-corrected chi connectivity index (χ3v) is 3.42. The average molecular weight is 297 g/mol. The quantitative estimate of drug-likeness (QED) is 0.683. The molecule has 3 nitrogen and oxygen atoms in total. The van der Waals surface area contributed by atoms with E-state index in [1.807, 2.05) is 6.07 Å². The van der Waals surface area contributed by atoms with Gasteiger partial charge in [0.15, 0.2) is 0 Å². The van der Waals surface area contributed by atoms with Crippen LogP contribution in [0.2, 0.25) is 4.34 Å². The maximum Gasteiger partial charge on any atom is 0.244 e. The minimum Gasteiger partial charge on any atom is -0.273 e. The summed E-state index contributed by atoms with van der Waals surface area (Å²) in [6, 6.07) is 9.34. The summed E-state index contributed by atoms with van der Waals surface area (Å²) in [6.07, 6.45) is 1.68. The minimum atomic E-state index is -0.322. The second kappa shape index (κ2) is 6.45. The number of thiophene rings is 1. The molecule has 6 heteroatoms. The molecule has 2 rings (SSSR count). The summed E-state index contributed by atoms with van der Waals surface area (Å²) >= 11 is 7.13. The van der Waals surface area contributed by atoms with Crippen LogP contribution in [-0.2, 0) is 11.2 Å². The topological polar surface area (TPSA) is 41.5 Å². The third kappa shape index (κ3) is 4.46. The maximum atomic E-state index is 12.7. The lowest BCUT2D eigenvalue weighted by Crippen LogP contribution is -2.19. The Labute approximate surface area is 118 Å². The summed E-state index contributed by atoms with van der Waals surface area (Å²) in [7, 11) is 0. The van der Waals surface area contributed by atoms with Crippen molar-refractivity contribution in [3.8, 4) is 0 Å². The number of hydrogen-bond acceptors (Lipinski definition) is 3. The van der Waals surface area contributed by atoms with Crippen molar-refractivity contribution in [3.63, 3.8) is 0 Å². The Kier molecular flexibility index (Phi) is 4.65. The molecular weight excluding hydrogens is 287 g/mol. The smallest absolute Gasteiger partial charge is 0.244 e. The molecule has 98 valence electrons. The van der Waals surface area contributed by atoms with E-state index in [1.165, 1.54) is 29.7 Å². The summed E-state index contributed by atoms with van der Waals surface area (Å²) in [6.45, 7) is 0. The van der Waals surface area contributed by atoms with Crippen molar-refractivity contribution in [2.75, 3.05) is 0 Å². The van der Waals surface area contributed by atoms with Gasteiger partial charge in [0.2, 0.25) is 5.91 Å². The number of carbonyl (C=O) groups is 1. The van der Waals surface area contributed by atoms with Crippen molar-refractivity contribution < 1.29 is 9.18 Å². The van der Waals surface area contributed by atoms with Crippen molar-refractivity contribution in [3.05, 3.63) is 57.0 Å². The van der Waals surface area contributed by atoms with Gasteiger partial charge in [0, 0.05) is 4.88 Å². The first kappa shape index (κ1) is 13.7. The molecule has 0 aliphatic carbocycles. The molecule has 2 aromatic rings. The summed E-state index contributed by atoms with van der Waals surface area (Å²) in [5.41, 5.74) is 3.13. The highest BCUT2D eigenvalue weighted by Gasteiger charge is 2.02. The Hall–Kier alpha value is -1.72.